The van der Waals surface area contributed by atoms with Crippen LogP contribution in [0.1, 0.15) is 70.3 Å². The van der Waals surface area contributed by atoms with E-state index in [0.717, 1.165) is 50.9 Å². The fourth-order valence-corrected chi connectivity index (χ4v) is 3.84. The zero-order valence-electron chi connectivity index (χ0n) is 15.6. The summed E-state index contributed by atoms with van der Waals surface area (Å²) < 4.78 is 5.26. The van der Waals surface area contributed by atoms with Gasteiger partial charge in [-0.15, -0.1) is 0 Å². The molecule has 0 radical (unpaired) electrons. The van der Waals surface area contributed by atoms with Gasteiger partial charge in [-0.05, 0) is 43.4 Å². The smallest absolute Gasteiger partial charge is 0.225 e. The minimum absolute atomic E-state index is 0.217. The Kier molecular flexibility index (Phi) is 7.61. The lowest BCUT2D eigenvalue weighted by Gasteiger charge is -2.29. The Bertz CT molecular complexity index is 491. The van der Waals surface area contributed by atoms with Crippen molar-refractivity contribution in [3.05, 3.63) is 29.8 Å². The number of amides is 1. The minimum atomic E-state index is 0.217. The van der Waals surface area contributed by atoms with Gasteiger partial charge in [0.15, 0.2) is 0 Å². The number of nitrogens with zero attached hydrogens (tertiary/aromatic N) is 1. The molecule has 0 aliphatic carbocycles. The van der Waals surface area contributed by atoms with E-state index in [9.17, 15) is 4.79 Å². The first-order valence-corrected chi connectivity index (χ1v) is 9.62. The molecule has 1 aliphatic rings. The second-order valence-electron chi connectivity index (χ2n) is 7.02. The van der Waals surface area contributed by atoms with Crippen molar-refractivity contribution < 1.29 is 9.53 Å². The summed E-state index contributed by atoms with van der Waals surface area (Å²) >= 11 is 0. The second-order valence-corrected chi connectivity index (χ2v) is 7.02. The van der Waals surface area contributed by atoms with Gasteiger partial charge in [0.2, 0.25) is 5.91 Å². The summed E-state index contributed by atoms with van der Waals surface area (Å²) in [7, 11) is 1.70. The van der Waals surface area contributed by atoms with Crippen molar-refractivity contribution in [2.24, 2.45) is 5.92 Å². The van der Waals surface area contributed by atoms with E-state index in [1.807, 2.05) is 12.1 Å². The molecule has 0 saturated carbocycles. The highest BCUT2D eigenvalue weighted by Crippen LogP contribution is 2.29. The number of carbonyl (C=O) groups is 1. The molecule has 1 atom stereocenters. The normalized spacial score (nSPS) is 18.5. The lowest BCUT2D eigenvalue weighted by atomic mass is 9.93. The average Bonchev–Trinajstić information content (AvgIpc) is 2.87. The third kappa shape index (κ3) is 4.99. The van der Waals surface area contributed by atoms with Crippen molar-refractivity contribution >= 4 is 5.91 Å². The van der Waals surface area contributed by atoms with Crippen LogP contribution in [0.3, 0.4) is 0 Å². The Hall–Kier alpha value is -1.51. The predicted molar refractivity (Wildman–Crippen MR) is 99.5 cm³/mol. The zero-order valence-corrected chi connectivity index (χ0v) is 15.6. The van der Waals surface area contributed by atoms with Gasteiger partial charge in [0.1, 0.15) is 5.75 Å². The van der Waals surface area contributed by atoms with Gasteiger partial charge < -0.3 is 9.64 Å². The number of benzene rings is 1. The van der Waals surface area contributed by atoms with E-state index in [4.69, 9.17) is 4.74 Å². The highest BCUT2D eigenvalue weighted by Gasteiger charge is 2.27. The topological polar surface area (TPSA) is 29.5 Å². The SMILES string of the molecule is CCCC(CCC)C(=O)N1CCCCC(c2ccc(OC)cc2)C1. The Morgan fingerprint density at radius 3 is 2.42 bits per heavy atom. The van der Waals surface area contributed by atoms with Crippen LogP contribution in [0.4, 0.5) is 0 Å². The Labute approximate surface area is 147 Å². The lowest BCUT2D eigenvalue weighted by molar-refractivity contribution is -0.136. The summed E-state index contributed by atoms with van der Waals surface area (Å²) in [4.78, 5) is 15.2. The van der Waals surface area contributed by atoms with Crippen LogP contribution < -0.4 is 4.74 Å². The summed E-state index contributed by atoms with van der Waals surface area (Å²) in [5.41, 5.74) is 1.33. The molecule has 1 heterocycles. The molecule has 1 fully saturated rings. The van der Waals surface area contributed by atoms with Crippen LogP contribution >= 0.6 is 0 Å². The molecule has 0 N–H and O–H groups in total. The molecule has 134 valence electrons. The summed E-state index contributed by atoms with van der Waals surface area (Å²) in [6, 6.07) is 8.38. The van der Waals surface area contributed by atoms with Gasteiger partial charge in [-0.3, -0.25) is 4.79 Å². The van der Waals surface area contributed by atoms with Crippen LogP contribution in [0, 0.1) is 5.92 Å². The molecule has 0 spiro atoms. The van der Waals surface area contributed by atoms with Gasteiger partial charge in [-0.2, -0.15) is 0 Å². The van der Waals surface area contributed by atoms with Crippen LogP contribution in [0.25, 0.3) is 0 Å². The summed E-state index contributed by atoms with van der Waals surface area (Å²) in [6.07, 6.45) is 7.73. The molecule has 0 aromatic heterocycles. The monoisotopic (exact) mass is 331 g/mol. The maximum absolute atomic E-state index is 13.0. The molecule has 1 amide bonds. The van der Waals surface area contributed by atoms with E-state index in [1.54, 1.807) is 7.11 Å². The molecular weight excluding hydrogens is 298 g/mol. The molecule has 1 aromatic carbocycles. The average molecular weight is 332 g/mol. The minimum Gasteiger partial charge on any atom is -0.497 e. The van der Waals surface area contributed by atoms with Crippen LogP contribution in [-0.2, 0) is 4.79 Å². The van der Waals surface area contributed by atoms with Gasteiger partial charge in [-0.25, -0.2) is 0 Å². The van der Waals surface area contributed by atoms with Gasteiger partial charge in [0.25, 0.3) is 0 Å². The molecule has 3 nitrogen and oxygen atoms in total. The van der Waals surface area contributed by atoms with Gasteiger partial charge >= 0.3 is 0 Å². The number of rotatable bonds is 7. The fraction of sp³-hybridized carbons (Fsp3) is 0.667. The Morgan fingerprint density at radius 2 is 1.83 bits per heavy atom. The van der Waals surface area contributed by atoms with Crippen molar-refractivity contribution in [3.63, 3.8) is 0 Å². The summed E-state index contributed by atoms with van der Waals surface area (Å²) in [5, 5.41) is 0. The molecule has 3 heteroatoms. The van der Waals surface area contributed by atoms with Crippen LogP contribution in [0.15, 0.2) is 24.3 Å². The number of likely N-dealkylation sites (tertiary alicyclic amines) is 1. The second kappa shape index (κ2) is 9.71. The van der Waals surface area contributed by atoms with Crippen LogP contribution in [0.2, 0.25) is 0 Å². The number of methoxy groups -OCH3 is 1. The largest absolute Gasteiger partial charge is 0.497 e. The van der Waals surface area contributed by atoms with E-state index in [1.165, 1.54) is 18.4 Å². The molecule has 2 rings (SSSR count). The zero-order chi connectivity index (χ0) is 17.4. The lowest BCUT2D eigenvalue weighted by Crippen LogP contribution is -2.38. The highest BCUT2D eigenvalue weighted by atomic mass is 16.5. The number of ether oxygens (including phenoxy) is 1. The van der Waals surface area contributed by atoms with Crippen LogP contribution in [0.5, 0.6) is 5.75 Å². The molecule has 24 heavy (non-hydrogen) atoms. The van der Waals surface area contributed by atoms with Crippen LogP contribution in [-0.4, -0.2) is 31.0 Å². The van der Waals surface area contributed by atoms with E-state index < -0.39 is 0 Å². The van der Waals surface area contributed by atoms with Gasteiger partial charge in [0.05, 0.1) is 7.11 Å². The first kappa shape index (κ1) is 18.8. The summed E-state index contributed by atoms with van der Waals surface area (Å²) in [5.74, 6) is 1.95. The Balaban J connectivity index is 2.08. The van der Waals surface area contributed by atoms with Gasteiger partial charge in [-0.1, -0.05) is 45.2 Å². The van der Waals surface area contributed by atoms with Crippen molar-refractivity contribution in [2.45, 2.75) is 64.7 Å². The molecular formula is C21H33NO2. The van der Waals surface area contributed by atoms with E-state index >= 15 is 0 Å². The van der Waals surface area contributed by atoms with E-state index in [2.05, 4.69) is 30.9 Å². The van der Waals surface area contributed by atoms with E-state index in [-0.39, 0.29) is 5.92 Å². The quantitative estimate of drug-likeness (QED) is 0.703. The highest BCUT2D eigenvalue weighted by molar-refractivity contribution is 5.79. The third-order valence-corrected chi connectivity index (χ3v) is 5.19. The van der Waals surface area contributed by atoms with Crippen molar-refractivity contribution in [3.8, 4) is 5.75 Å². The van der Waals surface area contributed by atoms with Crippen molar-refractivity contribution in [1.82, 2.24) is 4.90 Å². The van der Waals surface area contributed by atoms with Crippen molar-refractivity contribution in [1.29, 1.82) is 0 Å². The maximum atomic E-state index is 13.0. The number of hydrogen-bond donors (Lipinski definition) is 0. The predicted octanol–water partition coefficient (Wildman–Crippen LogP) is 5.01. The molecule has 1 aliphatic heterocycles. The maximum Gasteiger partial charge on any atom is 0.225 e. The summed E-state index contributed by atoms with van der Waals surface area (Å²) in [6.45, 7) is 6.15. The van der Waals surface area contributed by atoms with E-state index in [0.29, 0.717) is 11.8 Å². The molecule has 1 unspecified atom stereocenters. The third-order valence-electron chi connectivity index (χ3n) is 5.19. The Morgan fingerprint density at radius 1 is 1.17 bits per heavy atom. The number of carbonyl (C=O) groups excluding carboxylic acids is 1. The first-order chi connectivity index (χ1) is 11.7. The molecule has 0 bridgehead atoms. The first-order valence-electron chi connectivity index (χ1n) is 9.62. The fourth-order valence-electron chi connectivity index (χ4n) is 3.84. The molecule has 1 saturated heterocycles. The van der Waals surface area contributed by atoms with Crippen molar-refractivity contribution in [2.75, 3.05) is 20.2 Å². The molecule has 1 aromatic rings. The number of hydrogen-bond acceptors (Lipinski definition) is 2. The standard InChI is InChI=1S/C21H33NO2/c1-4-8-18(9-5-2)21(23)22-15-7-6-10-19(16-22)17-11-13-20(24-3)14-12-17/h11-14,18-19H,4-10,15-16H2,1-3H3. The van der Waals surface area contributed by atoms with Gasteiger partial charge in [0, 0.05) is 24.9 Å².